The number of nitrogens with zero attached hydrogens (tertiary/aromatic N) is 1. The van der Waals surface area contributed by atoms with E-state index in [4.69, 9.17) is 23.2 Å². The Hall–Kier alpha value is -1.79. The molecule has 1 heterocycles. The Kier molecular flexibility index (Phi) is 5.68. The van der Waals surface area contributed by atoms with Crippen LogP contribution in [0.3, 0.4) is 0 Å². The van der Waals surface area contributed by atoms with Crippen molar-refractivity contribution < 1.29 is 14.4 Å². The van der Waals surface area contributed by atoms with E-state index in [0.717, 1.165) is 17.7 Å². The van der Waals surface area contributed by atoms with E-state index in [1.807, 2.05) is 0 Å². The topological polar surface area (TPSA) is 78.5 Å². The second-order valence-electron chi connectivity index (χ2n) is 7.54. The van der Waals surface area contributed by atoms with Gasteiger partial charge in [0.25, 0.3) is 5.91 Å². The first-order valence-electron chi connectivity index (χ1n) is 9.10. The van der Waals surface area contributed by atoms with Crippen LogP contribution >= 0.6 is 23.2 Å². The Balaban J connectivity index is 1.63. The predicted molar refractivity (Wildman–Crippen MR) is 104 cm³/mol. The van der Waals surface area contributed by atoms with Crippen LogP contribution in [0.5, 0.6) is 0 Å². The summed E-state index contributed by atoms with van der Waals surface area (Å²) in [7, 11) is 0. The van der Waals surface area contributed by atoms with Crippen molar-refractivity contribution in [2.45, 2.75) is 51.1 Å². The van der Waals surface area contributed by atoms with Crippen molar-refractivity contribution in [3.05, 3.63) is 33.8 Å². The van der Waals surface area contributed by atoms with Gasteiger partial charge in [-0.3, -0.25) is 14.5 Å². The molecule has 146 valence electrons. The summed E-state index contributed by atoms with van der Waals surface area (Å²) in [5, 5.41) is 6.55. The van der Waals surface area contributed by atoms with E-state index in [9.17, 15) is 14.4 Å². The lowest BCUT2D eigenvalue weighted by Gasteiger charge is -2.33. The molecule has 0 bridgehead atoms. The molecule has 27 heavy (non-hydrogen) atoms. The van der Waals surface area contributed by atoms with Gasteiger partial charge in [-0.1, -0.05) is 36.2 Å². The molecule has 1 aromatic carbocycles. The van der Waals surface area contributed by atoms with Gasteiger partial charge in [0.2, 0.25) is 5.91 Å². The monoisotopic (exact) mass is 411 g/mol. The molecular formula is C19H23Cl2N3O3. The van der Waals surface area contributed by atoms with E-state index in [0.29, 0.717) is 34.4 Å². The number of hydrogen-bond acceptors (Lipinski definition) is 3. The molecule has 4 amide bonds. The average molecular weight is 412 g/mol. The molecule has 1 aromatic rings. The van der Waals surface area contributed by atoms with E-state index >= 15 is 0 Å². The maximum absolute atomic E-state index is 12.8. The van der Waals surface area contributed by atoms with E-state index in [2.05, 4.69) is 17.6 Å². The minimum absolute atomic E-state index is 0.299. The summed E-state index contributed by atoms with van der Waals surface area (Å²) >= 11 is 12.1. The van der Waals surface area contributed by atoms with Crippen molar-refractivity contribution >= 4 is 41.0 Å². The van der Waals surface area contributed by atoms with Crippen molar-refractivity contribution in [3.63, 3.8) is 0 Å². The summed E-state index contributed by atoms with van der Waals surface area (Å²) in [4.78, 5) is 38.5. The molecule has 0 radical (unpaired) electrons. The number of hydrogen-bond donors (Lipinski definition) is 2. The van der Waals surface area contributed by atoms with Crippen LogP contribution in [-0.2, 0) is 9.59 Å². The predicted octanol–water partition coefficient (Wildman–Crippen LogP) is 3.67. The first-order valence-corrected chi connectivity index (χ1v) is 9.86. The first kappa shape index (κ1) is 20.0. The third-order valence-corrected chi connectivity index (χ3v) is 6.04. The van der Waals surface area contributed by atoms with Crippen LogP contribution in [0.25, 0.3) is 0 Å². The Labute approximate surface area is 168 Å². The van der Waals surface area contributed by atoms with Crippen LogP contribution in [0.15, 0.2) is 18.2 Å². The fourth-order valence-electron chi connectivity index (χ4n) is 3.77. The number of benzene rings is 1. The molecule has 1 saturated heterocycles. The Morgan fingerprint density at radius 3 is 2.63 bits per heavy atom. The number of urea groups is 1. The highest BCUT2D eigenvalue weighted by molar-refractivity contribution is 6.35. The minimum atomic E-state index is -0.838. The molecule has 1 aliphatic carbocycles. The van der Waals surface area contributed by atoms with Gasteiger partial charge >= 0.3 is 6.03 Å². The van der Waals surface area contributed by atoms with E-state index in [1.54, 1.807) is 25.1 Å². The molecule has 0 aromatic heterocycles. The maximum atomic E-state index is 12.8. The van der Waals surface area contributed by atoms with Crippen LogP contribution in [0.4, 0.5) is 4.79 Å². The largest absolute Gasteiger partial charge is 0.348 e. The van der Waals surface area contributed by atoms with Crippen molar-refractivity contribution in [1.82, 2.24) is 15.5 Å². The lowest BCUT2D eigenvalue weighted by molar-refractivity contribution is -0.136. The summed E-state index contributed by atoms with van der Waals surface area (Å²) in [5.41, 5.74) is -0.126. The highest BCUT2D eigenvalue weighted by Crippen LogP contribution is 2.36. The molecule has 2 aliphatic rings. The Morgan fingerprint density at radius 2 is 2.00 bits per heavy atom. The molecule has 8 heteroatoms. The Morgan fingerprint density at radius 1 is 1.33 bits per heavy atom. The fraction of sp³-hybridized carbons (Fsp3) is 0.526. The molecule has 1 spiro atoms. The molecule has 0 unspecified atom stereocenters. The molecule has 6 nitrogen and oxygen atoms in total. The summed E-state index contributed by atoms with van der Waals surface area (Å²) in [6.45, 7) is 3.61. The molecular weight excluding hydrogens is 389 g/mol. The number of nitrogens with one attached hydrogen (secondary N) is 2. The number of carbonyl (C=O) groups is 3. The zero-order chi connectivity index (χ0) is 19.8. The van der Waals surface area contributed by atoms with Crippen LogP contribution in [0.2, 0.25) is 10.0 Å². The second-order valence-corrected chi connectivity index (χ2v) is 8.38. The van der Waals surface area contributed by atoms with Gasteiger partial charge in [0.1, 0.15) is 12.1 Å². The number of halogens is 2. The zero-order valence-electron chi connectivity index (χ0n) is 15.4. The standard InChI is InChI=1S/C19H23Cl2N3O3/c1-11-5-7-19(8-6-11)17(26)24(18(27)23-19)10-16(25)22-12(2)14-4-3-13(20)9-15(14)21/h3-4,9,11-12H,5-8,10H2,1-2H3,(H,22,25)(H,23,27)/t11?,12-,19?/m0/s1. The van der Waals surface area contributed by atoms with Crippen molar-refractivity contribution in [2.24, 2.45) is 5.92 Å². The van der Waals surface area contributed by atoms with Crippen molar-refractivity contribution in [3.8, 4) is 0 Å². The van der Waals surface area contributed by atoms with Gasteiger partial charge < -0.3 is 10.6 Å². The van der Waals surface area contributed by atoms with Crippen molar-refractivity contribution in [1.29, 1.82) is 0 Å². The van der Waals surface area contributed by atoms with Gasteiger partial charge in [-0.25, -0.2) is 4.79 Å². The molecule has 1 aliphatic heterocycles. The maximum Gasteiger partial charge on any atom is 0.325 e. The van der Waals surface area contributed by atoms with E-state index in [-0.39, 0.29) is 18.5 Å². The molecule has 1 atom stereocenters. The van der Waals surface area contributed by atoms with Gasteiger partial charge in [-0.05, 0) is 56.2 Å². The second kappa shape index (κ2) is 7.68. The van der Waals surface area contributed by atoms with Crippen LogP contribution in [0.1, 0.15) is 51.1 Å². The fourth-order valence-corrected chi connectivity index (χ4v) is 4.35. The summed E-state index contributed by atoms with van der Waals surface area (Å²) in [6, 6.07) is 4.15. The lowest BCUT2D eigenvalue weighted by Crippen LogP contribution is -2.50. The highest BCUT2D eigenvalue weighted by atomic mass is 35.5. The third kappa shape index (κ3) is 4.06. The number of carbonyl (C=O) groups excluding carboxylic acids is 3. The first-order chi connectivity index (χ1) is 12.7. The SMILES string of the molecule is CC1CCC2(CC1)NC(=O)N(CC(=O)N[C@@H](C)c1ccc(Cl)cc1Cl)C2=O. The third-order valence-electron chi connectivity index (χ3n) is 5.48. The van der Waals surface area contributed by atoms with Gasteiger partial charge in [0.05, 0.1) is 6.04 Å². The molecule has 2 N–H and O–H groups in total. The molecule has 2 fully saturated rings. The smallest absolute Gasteiger partial charge is 0.325 e. The van der Waals surface area contributed by atoms with Gasteiger partial charge in [-0.2, -0.15) is 0 Å². The summed E-state index contributed by atoms with van der Waals surface area (Å²) in [5.74, 6) is -0.173. The van der Waals surface area contributed by atoms with Crippen molar-refractivity contribution in [2.75, 3.05) is 6.54 Å². The lowest BCUT2D eigenvalue weighted by atomic mass is 9.77. The average Bonchev–Trinajstić information content (AvgIpc) is 2.82. The highest BCUT2D eigenvalue weighted by Gasteiger charge is 2.52. The van der Waals surface area contributed by atoms with Crippen LogP contribution in [-0.4, -0.2) is 34.8 Å². The van der Waals surface area contributed by atoms with E-state index in [1.165, 1.54) is 0 Å². The minimum Gasteiger partial charge on any atom is -0.348 e. The zero-order valence-corrected chi connectivity index (χ0v) is 16.9. The summed E-state index contributed by atoms with van der Waals surface area (Å²) in [6.07, 6.45) is 3.01. The molecule has 1 saturated carbocycles. The quantitative estimate of drug-likeness (QED) is 0.741. The van der Waals surface area contributed by atoms with Gasteiger partial charge in [0, 0.05) is 10.0 Å². The normalized spacial score (nSPS) is 26.2. The van der Waals surface area contributed by atoms with Crippen LogP contribution in [0, 0.1) is 5.92 Å². The Bertz CT molecular complexity index is 775. The van der Waals surface area contributed by atoms with E-state index < -0.39 is 17.5 Å². The molecule has 3 rings (SSSR count). The number of amides is 4. The number of rotatable bonds is 4. The van der Waals surface area contributed by atoms with Gasteiger partial charge in [0.15, 0.2) is 0 Å². The summed E-state index contributed by atoms with van der Waals surface area (Å²) < 4.78 is 0. The van der Waals surface area contributed by atoms with Crippen LogP contribution < -0.4 is 10.6 Å². The van der Waals surface area contributed by atoms with Gasteiger partial charge in [-0.15, -0.1) is 0 Å². The number of imide groups is 1.